The Balaban J connectivity index is 1.75. The summed E-state index contributed by atoms with van der Waals surface area (Å²) in [5.74, 6) is -0.712. The maximum Gasteiger partial charge on any atom is 0.396 e. The number of hydrogen-bond donors (Lipinski definition) is 1. The summed E-state index contributed by atoms with van der Waals surface area (Å²) >= 11 is 6.86. The molecule has 0 saturated carbocycles. The van der Waals surface area contributed by atoms with E-state index in [4.69, 9.17) is 20.8 Å². The van der Waals surface area contributed by atoms with Crippen molar-refractivity contribution in [3.63, 3.8) is 0 Å². The van der Waals surface area contributed by atoms with E-state index in [-0.39, 0.29) is 5.57 Å². The number of methoxy groups -OCH3 is 1. The van der Waals surface area contributed by atoms with Gasteiger partial charge in [0.2, 0.25) is 0 Å². The molecule has 4 rings (SSSR count). The molecule has 1 N–H and O–H groups in total. The third-order valence-electron chi connectivity index (χ3n) is 3.91. The molecule has 27 heavy (non-hydrogen) atoms. The number of hydrogen-bond acceptors (Lipinski definition) is 6. The summed E-state index contributed by atoms with van der Waals surface area (Å²) in [5, 5.41) is 1.57. The Labute approximate surface area is 161 Å². The van der Waals surface area contributed by atoms with Gasteiger partial charge in [-0.05, 0) is 42.0 Å². The fourth-order valence-electron chi connectivity index (χ4n) is 2.72. The smallest absolute Gasteiger partial charge is 0.396 e. The highest BCUT2D eigenvalue weighted by molar-refractivity contribution is 7.16. The van der Waals surface area contributed by atoms with Crippen molar-refractivity contribution >= 4 is 56.8 Å². The lowest BCUT2D eigenvalue weighted by molar-refractivity contribution is -0.117. The number of benzene rings is 2. The van der Waals surface area contributed by atoms with Crippen LogP contribution in [0.3, 0.4) is 0 Å². The first kappa shape index (κ1) is 17.3. The number of amides is 2. The summed E-state index contributed by atoms with van der Waals surface area (Å²) in [6.07, 6.45) is 1.44. The van der Waals surface area contributed by atoms with Gasteiger partial charge in [-0.2, -0.15) is 0 Å². The largest absolute Gasteiger partial charge is 0.493 e. The summed E-state index contributed by atoms with van der Waals surface area (Å²) in [5.41, 5.74) is 3.77. The standard InChI is InChI=1S/C18H11ClN2O5S/c1-25-13-6-9(7-14-15(13)26-18(24)27-14)5-12-16(22)20-21(17(12)23)11-4-2-3-10(19)8-11/h2-8H,1H3,(H,20,22)/b12-5+. The van der Waals surface area contributed by atoms with E-state index in [1.165, 1.54) is 13.2 Å². The zero-order chi connectivity index (χ0) is 19.1. The van der Waals surface area contributed by atoms with E-state index < -0.39 is 16.8 Å². The minimum Gasteiger partial charge on any atom is -0.493 e. The van der Waals surface area contributed by atoms with Crippen LogP contribution in [-0.2, 0) is 9.59 Å². The van der Waals surface area contributed by atoms with E-state index in [1.807, 2.05) is 0 Å². The van der Waals surface area contributed by atoms with Gasteiger partial charge in [-0.3, -0.25) is 15.0 Å². The zero-order valence-corrected chi connectivity index (χ0v) is 15.4. The van der Waals surface area contributed by atoms with Gasteiger partial charge >= 0.3 is 4.94 Å². The Kier molecular flexibility index (Phi) is 4.21. The van der Waals surface area contributed by atoms with E-state index in [9.17, 15) is 14.4 Å². The summed E-state index contributed by atoms with van der Waals surface area (Å²) in [7, 11) is 1.44. The molecule has 1 saturated heterocycles. The lowest BCUT2D eigenvalue weighted by Crippen LogP contribution is -2.35. The van der Waals surface area contributed by atoms with Crippen molar-refractivity contribution in [2.45, 2.75) is 0 Å². The minimum absolute atomic E-state index is 0.0489. The predicted octanol–water partition coefficient (Wildman–Crippen LogP) is 2.98. The fourth-order valence-corrected chi connectivity index (χ4v) is 3.64. The Hall–Kier alpha value is -3.10. The highest BCUT2D eigenvalue weighted by Crippen LogP contribution is 2.31. The molecule has 0 atom stereocenters. The van der Waals surface area contributed by atoms with E-state index in [0.717, 1.165) is 16.3 Å². The van der Waals surface area contributed by atoms with Crippen molar-refractivity contribution in [3.8, 4) is 5.75 Å². The lowest BCUT2D eigenvalue weighted by Gasteiger charge is -2.14. The van der Waals surface area contributed by atoms with Gasteiger partial charge in [0.1, 0.15) is 5.57 Å². The van der Waals surface area contributed by atoms with Crippen molar-refractivity contribution in [3.05, 3.63) is 62.3 Å². The van der Waals surface area contributed by atoms with Crippen molar-refractivity contribution < 1.29 is 18.7 Å². The molecule has 136 valence electrons. The number of rotatable bonds is 3. The van der Waals surface area contributed by atoms with Crippen molar-refractivity contribution in [2.24, 2.45) is 0 Å². The normalized spacial score (nSPS) is 15.6. The van der Waals surface area contributed by atoms with Crippen LogP contribution in [0, 0.1) is 0 Å². The van der Waals surface area contributed by atoms with Crippen molar-refractivity contribution in [1.82, 2.24) is 5.43 Å². The number of anilines is 1. The third-order valence-corrected chi connectivity index (χ3v) is 4.92. The van der Waals surface area contributed by atoms with Crippen LogP contribution in [0.4, 0.5) is 5.69 Å². The highest BCUT2D eigenvalue weighted by Gasteiger charge is 2.34. The number of nitrogens with zero attached hydrogens (tertiary/aromatic N) is 1. The number of carbonyl (C=O) groups is 2. The van der Waals surface area contributed by atoms with Crippen LogP contribution in [0.15, 0.2) is 51.2 Å². The van der Waals surface area contributed by atoms with Gasteiger partial charge in [-0.1, -0.05) is 29.0 Å². The van der Waals surface area contributed by atoms with E-state index in [1.54, 1.807) is 36.4 Å². The molecule has 0 spiro atoms. The van der Waals surface area contributed by atoms with Gasteiger partial charge in [0, 0.05) is 5.02 Å². The topological polar surface area (TPSA) is 88.9 Å². The molecular formula is C18H11ClN2O5S. The molecule has 1 aliphatic heterocycles. The third kappa shape index (κ3) is 3.09. The van der Waals surface area contributed by atoms with Crippen LogP contribution in [0.1, 0.15) is 5.56 Å². The molecule has 2 amide bonds. The summed E-state index contributed by atoms with van der Waals surface area (Å²) in [4.78, 5) is 36.0. The average Bonchev–Trinajstić information content (AvgIpc) is 3.14. The molecule has 0 unspecified atom stereocenters. The molecule has 0 aliphatic carbocycles. The molecule has 1 aromatic heterocycles. The number of halogens is 1. The average molecular weight is 403 g/mol. The molecule has 2 aromatic carbocycles. The SMILES string of the molecule is COc1cc(/C=C2\C(=O)NN(c3cccc(Cl)c3)C2=O)cc2sc(=O)oc12. The molecule has 1 fully saturated rings. The first-order valence-corrected chi connectivity index (χ1v) is 8.90. The number of ether oxygens (including phenoxy) is 1. The minimum atomic E-state index is -0.542. The van der Waals surface area contributed by atoms with Crippen LogP contribution < -0.4 is 20.1 Å². The van der Waals surface area contributed by atoms with Crippen LogP contribution in [0.2, 0.25) is 5.02 Å². The van der Waals surface area contributed by atoms with E-state index >= 15 is 0 Å². The molecule has 7 nitrogen and oxygen atoms in total. The Morgan fingerprint density at radius 3 is 2.78 bits per heavy atom. The monoisotopic (exact) mass is 402 g/mol. The predicted molar refractivity (Wildman–Crippen MR) is 102 cm³/mol. The molecule has 3 aromatic rings. The maximum atomic E-state index is 12.7. The summed E-state index contributed by atoms with van der Waals surface area (Å²) in [6, 6.07) is 9.82. The molecule has 0 bridgehead atoms. The van der Waals surface area contributed by atoms with Crippen molar-refractivity contribution in [1.29, 1.82) is 0 Å². The van der Waals surface area contributed by atoms with Gasteiger partial charge in [0.05, 0.1) is 17.5 Å². The molecule has 2 heterocycles. The second kappa shape index (κ2) is 6.57. The second-order valence-corrected chi connectivity index (χ2v) is 7.04. The molecule has 0 radical (unpaired) electrons. The van der Waals surface area contributed by atoms with Crippen LogP contribution >= 0.6 is 22.9 Å². The Bertz CT molecular complexity index is 1180. The molecule has 9 heteroatoms. The van der Waals surface area contributed by atoms with Crippen LogP contribution in [0.5, 0.6) is 5.75 Å². The number of nitrogens with one attached hydrogen (secondary N) is 1. The van der Waals surface area contributed by atoms with Crippen LogP contribution in [0.25, 0.3) is 16.4 Å². The second-order valence-electron chi connectivity index (χ2n) is 5.62. The highest BCUT2D eigenvalue weighted by atomic mass is 35.5. The van der Waals surface area contributed by atoms with E-state index in [2.05, 4.69) is 5.43 Å². The number of carbonyl (C=O) groups excluding carboxylic acids is 2. The molecule has 1 aliphatic rings. The Morgan fingerprint density at radius 2 is 2.04 bits per heavy atom. The van der Waals surface area contributed by atoms with Crippen molar-refractivity contribution in [2.75, 3.05) is 12.1 Å². The van der Waals surface area contributed by atoms with Gasteiger partial charge in [0.15, 0.2) is 11.3 Å². The number of fused-ring (bicyclic) bond motifs is 1. The van der Waals surface area contributed by atoms with Gasteiger partial charge in [0.25, 0.3) is 11.8 Å². The quantitative estimate of drug-likeness (QED) is 0.537. The first-order chi connectivity index (χ1) is 13.0. The lowest BCUT2D eigenvalue weighted by atomic mass is 10.1. The maximum absolute atomic E-state index is 12.7. The van der Waals surface area contributed by atoms with Gasteiger partial charge in [-0.15, -0.1) is 0 Å². The van der Waals surface area contributed by atoms with Gasteiger partial charge in [-0.25, -0.2) is 9.80 Å². The first-order valence-electron chi connectivity index (χ1n) is 7.70. The molecular weight excluding hydrogens is 392 g/mol. The van der Waals surface area contributed by atoms with E-state index in [0.29, 0.717) is 32.3 Å². The zero-order valence-electron chi connectivity index (χ0n) is 13.8. The summed E-state index contributed by atoms with van der Waals surface area (Å²) < 4.78 is 10.9. The van der Waals surface area contributed by atoms with Gasteiger partial charge < -0.3 is 9.15 Å². The summed E-state index contributed by atoms with van der Waals surface area (Å²) in [6.45, 7) is 0. The fraction of sp³-hybridized carbons (Fsp3) is 0.0556. The number of hydrazine groups is 1. The van der Waals surface area contributed by atoms with Crippen LogP contribution in [-0.4, -0.2) is 18.9 Å². The Morgan fingerprint density at radius 1 is 1.22 bits per heavy atom.